The van der Waals surface area contributed by atoms with Crippen molar-refractivity contribution in [3.05, 3.63) is 41.2 Å². The lowest BCUT2D eigenvalue weighted by molar-refractivity contribution is 0.431. The van der Waals surface area contributed by atoms with Crippen molar-refractivity contribution in [2.24, 2.45) is 0 Å². The fourth-order valence-corrected chi connectivity index (χ4v) is 1.57. The van der Waals surface area contributed by atoms with Crippen LogP contribution in [0.15, 0.2) is 24.3 Å². The van der Waals surface area contributed by atoms with Crippen LogP contribution >= 0.6 is 0 Å². The third-order valence-electron chi connectivity index (χ3n) is 2.50. The second kappa shape index (κ2) is 5.97. The van der Waals surface area contributed by atoms with Gasteiger partial charge in [0.1, 0.15) is 5.82 Å². The molecule has 0 unspecified atom stereocenters. The average molecular weight is 235 g/mol. The largest absolute Gasteiger partial charge is 0.312 e. The van der Waals surface area contributed by atoms with Gasteiger partial charge in [-0.05, 0) is 63.9 Å². The maximum atomic E-state index is 12.9. The SMILES string of the molecule is Cc1cc(F)ccc1C=CCCNC(C)(C)C. The molecule has 0 bridgehead atoms. The zero-order chi connectivity index (χ0) is 12.9. The first-order chi connectivity index (χ1) is 7.88. The lowest BCUT2D eigenvalue weighted by Crippen LogP contribution is -2.36. The van der Waals surface area contributed by atoms with E-state index in [1.54, 1.807) is 6.07 Å². The molecule has 0 heterocycles. The standard InChI is InChI=1S/C15H22FN/c1-12-11-14(16)9-8-13(12)7-5-6-10-17-15(2,3)4/h5,7-9,11,17H,6,10H2,1-4H3. The van der Waals surface area contributed by atoms with Gasteiger partial charge in [0.2, 0.25) is 0 Å². The van der Waals surface area contributed by atoms with E-state index < -0.39 is 0 Å². The van der Waals surface area contributed by atoms with Gasteiger partial charge < -0.3 is 5.32 Å². The quantitative estimate of drug-likeness (QED) is 0.780. The summed E-state index contributed by atoms with van der Waals surface area (Å²) in [7, 11) is 0. The molecule has 0 aromatic heterocycles. The maximum absolute atomic E-state index is 12.9. The summed E-state index contributed by atoms with van der Waals surface area (Å²) >= 11 is 0. The molecule has 17 heavy (non-hydrogen) atoms. The van der Waals surface area contributed by atoms with Crippen molar-refractivity contribution in [3.8, 4) is 0 Å². The molecule has 0 fully saturated rings. The summed E-state index contributed by atoms with van der Waals surface area (Å²) in [6.07, 6.45) is 5.16. The molecule has 0 atom stereocenters. The summed E-state index contributed by atoms with van der Waals surface area (Å²) in [5.74, 6) is -0.172. The predicted molar refractivity (Wildman–Crippen MR) is 72.5 cm³/mol. The lowest BCUT2D eigenvalue weighted by Gasteiger charge is -2.19. The zero-order valence-electron chi connectivity index (χ0n) is 11.2. The normalized spacial score (nSPS) is 12.3. The highest BCUT2D eigenvalue weighted by atomic mass is 19.1. The first-order valence-corrected chi connectivity index (χ1v) is 6.06. The van der Waals surface area contributed by atoms with Crippen molar-refractivity contribution < 1.29 is 4.39 Å². The molecule has 0 aliphatic carbocycles. The van der Waals surface area contributed by atoms with Crippen LogP contribution in [0.2, 0.25) is 0 Å². The minimum Gasteiger partial charge on any atom is -0.312 e. The summed E-state index contributed by atoms with van der Waals surface area (Å²) in [5, 5.41) is 3.42. The minimum atomic E-state index is -0.172. The van der Waals surface area contributed by atoms with E-state index in [-0.39, 0.29) is 11.4 Å². The van der Waals surface area contributed by atoms with Gasteiger partial charge in [-0.2, -0.15) is 0 Å². The fraction of sp³-hybridized carbons (Fsp3) is 0.467. The highest BCUT2D eigenvalue weighted by Gasteiger charge is 2.06. The monoisotopic (exact) mass is 235 g/mol. The Morgan fingerprint density at radius 1 is 1.29 bits per heavy atom. The van der Waals surface area contributed by atoms with Crippen LogP contribution < -0.4 is 5.32 Å². The van der Waals surface area contributed by atoms with Gasteiger partial charge in [0.15, 0.2) is 0 Å². The van der Waals surface area contributed by atoms with Crippen LogP contribution in [0.25, 0.3) is 6.08 Å². The van der Waals surface area contributed by atoms with Crippen LogP contribution in [0.1, 0.15) is 38.3 Å². The maximum Gasteiger partial charge on any atom is 0.123 e. The fourth-order valence-electron chi connectivity index (χ4n) is 1.57. The summed E-state index contributed by atoms with van der Waals surface area (Å²) in [6.45, 7) is 9.35. The van der Waals surface area contributed by atoms with Crippen LogP contribution in [-0.2, 0) is 0 Å². The molecule has 1 N–H and O–H groups in total. The number of aryl methyl sites for hydroxylation is 1. The van der Waals surface area contributed by atoms with Crippen LogP contribution in [-0.4, -0.2) is 12.1 Å². The molecule has 0 amide bonds. The van der Waals surface area contributed by atoms with Gasteiger partial charge in [-0.3, -0.25) is 0 Å². The van der Waals surface area contributed by atoms with Gasteiger partial charge in [-0.1, -0.05) is 18.2 Å². The number of halogens is 1. The van der Waals surface area contributed by atoms with E-state index in [1.807, 2.05) is 13.0 Å². The molecule has 94 valence electrons. The number of rotatable bonds is 4. The van der Waals surface area contributed by atoms with E-state index in [4.69, 9.17) is 0 Å². The Labute approximate surface area is 104 Å². The van der Waals surface area contributed by atoms with E-state index in [0.717, 1.165) is 24.1 Å². The summed E-state index contributed by atoms with van der Waals surface area (Å²) in [5.41, 5.74) is 2.23. The summed E-state index contributed by atoms with van der Waals surface area (Å²) < 4.78 is 12.9. The van der Waals surface area contributed by atoms with Crippen LogP contribution in [0.3, 0.4) is 0 Å². The molecule has 0 saturated heterocycles. The molecular weight excluding hydrogens is 213 g/mol. The molecule has 1 rings (SSSR count). The van der Waals surface area contributed by atoms with Crippen LogP contribution in [0, 0.1) is 12.7 Å². The molecule has 0 aliphatic rings. The highest BCUT2D eigenvalue weighted by molar-refractivity contribution is 5.53. The predicted octanol–water partition coefficient (Wildman–Crippen LogP) is 3.93. The van der Waals surface area contributed by atoms with Gasteiger partial charge in [0.05, 0.1) is 0 Å². The Morgan fingerprint density at radius 2 is 2.00 bits per heavy atom. The Balaban J connectivity index is 2.43. The van der Waals surface area contributed by atoms with Gasteiger partial charge in [-0.15, -0.1) is 0 Å². The molecule has 0 aliphatic heterocycles. The molecule has 1 nitrogen and oxygen atoms in total. The van der Waals surface area contributed by atoms with Crippen molar-refractivity contribution in [1.29, 1.82) is 0 Å². The highest BCUT2D eigenvalue weighted by Crippen LogP contribution is 2.12. The summed E-state index contributed by atoms with van der Waals surface area (Å²) in [6, 6.07) is 4.88. The van der Waals surface area contributed by atoms with E-state index in [2.05, 4.69) is 38.2 Å². The van der Waals surface area contributed by atoms with Gasteiger partial charge in [0.25, 0.3) is 0 Å². The van der Waals surface area contributed by atoms with Crippen molar-refractivity contribution >= 4 is 6.08 Å². The second-order valence-corrected chi connectivity index (χ2v) is 5.37. The average Bonchev–Trinajstić information content (AvgIpc) is 2.18. The zero-order valence-corrected chi connectivity index (χ0v) is 11.2. The van der Waals surface area contributed by atoms with E-state index in [9.17, 15) is 4.39 Å². The second-order valence-electron chi connectivity index (χ2n) is 5.37. The molecule has 0 saturated carbocycles. The number of benzene rings is 1. The molecule has 0 radical (unpaired) electrons. The van der Waals surface area contributed by atoms with Gasteiger partial charge >= 0.3 is 0 Å². The Morgan fingerprint density at radius 3 is 2.59 bits per heavy atom. The molecular formula is C15H22FN. The molecule has 1 aromatic rings. The number of hydrogen-bond acceptors (Lipinski definition) is 1. The third kappa shape index (κ3) is 5.64. The summed E-state index contributed by atoms with van der Waals surface area (Å²) in [4.78, 5) is 0. The van der Waals surface area contributed by atoms with Crippen molar-refractivity contribution in [2.45, 2.75) is 39.7 Å². The minimum absolute atomic E-state index is 0.166. The van der Waals surface area contributed by atoms with Crippen molar-refractivity contribution in [1.82, 2.24) is 5.32 Å². The Hall–Kier alpha value is -1.15. The van der Waals surface area contributed by atoms with E-state index in [0.29, 0.717) is 0 Å². The van der Waals surface area contributed by atoms with Crippen LogP contribution in [0.4, 0.5) is 4.39 Å². The number of nitrogens with one attached hydrogen (secondary N) is 1. The molecule has 2 heteroatoms. The first-order valence-electron chi connectivity index (χ1n) is 6.06. The molecule has 0 spiro atoms. The third-order valence-corrected chi connectivity index (χ3v) is 2.50. The van der Waals surface area contributed by atoms with Crippen molar-refractivity contribution in [2.75, 3.05) is 6.54 Å². The molecule has 1 aromatic carbocycles. The topological polar surface area (TPSA) is 12.0 Å². The Bertz CT molecular complexity index is 388. The first kappa shape index (κ1) is 13.9. The van der Waals surface area contributed by atoms with Gasteiger partial charge in [0, 0.05) is 5.54 Å². The number of hydrogen-bond donors (Lipinski definition) is 1. The lowest BCUT2D eigenvalue weighted by atomic mass is 10.1. The smallest absolute Gasteiger partial charge is 0.123 e. The van der Waals surface area contributed by atoms with E-state index in [1.165, 1.54) is 6.07 Å². The van der Waals surface area contributed by atoms with Crippen LogP contribution in [0.5, 0.6) is 0 Å². The van der Waals surface area contributed by atoms with Gasteiger partial charge in [-0.25, -0.2) is 4.39 Å². The Kier molecular flexibility index (Phi) is 4.88. The van der Waals surface area contributed by atoms with E-state index >= 15 is 0 Å². The van der Waals surface area contributed by atoms with Crippen molar-refractivity contribution in [3.63, 3.8) is 0 Å².